The SMILES string of the molecule is O=C(O)c1ccc(OCCOc2ccc(-c3ccccc3)cc2)cc1. The van der Waals surface area contributed by atoms with Gasteiger partial charge in [0.05, 0.1) is 5.56 Å². The van der Waals surface area contributed by atoms with Crippen LogP contribution in [0.15, 0.2) is 78.9 Å². The van der Waals surface area contributed by atoms with E-state index in [0.717, 1.165) is 11.3 Å². The van der Waals surface area contributed by atoms with E-state index in [2.05, 4.69) is 12.1 Å². The van der Waals surface area contributed by atoms with Crippen molar-refractivity contribution in [2.75, 3.05) is 13.2 Å². The van der Waals surface area contributed by atoms with Gasteiger partial charge in [0.25, 0.3) is 0 Å². The lowest BCUT2D eigenvalue weighted by atomic mass is 10.1. The van der Waals surface area contributed by atoms with E-state index in [0.29, 0.717) is 19.0 Å². The number of rotatable bonds is 7. The number of carboxylic acids is 1. The molecule has 3 aromatic rings. The summed E-state index contributed by atoms with van der Waals surface area (Å²) in [6.45, 7) is 0.790. The first-order chi connectivity index (χ1) is 12.2. The number of benzene rings is 3. The van der Waals surface area contributed by atoms with E-state index in [1.54, 1.807) is 12.1 Å². The van der Waals surface area contributed by atoms with Crippen LogP contribution in [0, 0.1) is 0 Å². The van der Waals surface area contributed by atoms with E-state index in [1.807, 2.05) is 42.5 Å². The molecule has 4 nitrogen and oxygen atoms in total. The summed E-state index contributed by atoms with van der Waals surface area (Å²) in [6, 6.07) is 24.4. The van der Waals surface area contributed by atoms with Gasteiger partial charge in [0.1, 0.15) is 24.7 Å². The zero-order valence-electron chi connectivity index (χ0n) is 13.6. The standard InChI is InChI=1S/C21H18O4/c22-21(23)18-8-12-20(13-9-18)25-15-14-24-19-10-6-17(7-11-19)16-4-2-1-3-5-16/h1-13H,14-15H2,(H,22,23). The van der Waals surface area contributed by atoms with E-state index < -0.39 is 5.97 Å². The van der Waals surface area contributed by atoms with Gasteiger partial charge in [-0.15, -0.1) is 0 Å². The first kappa shape index (κ1) is 16.6. The van der Waals surface area contributed by atoms with Crippen molar-refractivity contribution in [3.63, 3.8) is 0 Å². The number of carboxylic acid groups (broad SMARTS) is 1. The van der Waals surface area contributed by atoms with Crippen LogP contribution in [0.2, 0.25) is 0 Å². The highest BCUT2D eigenvalue weighted by Gasteiger charge is 2.02. The van der Waals surface area contributed by atoms with Crippen molar-refractivity contribution in [2.45, 2.75) is 0 Å². The summed E-state index contributed by atoms with van der Waals surface area (Å²) in [6.07, 6.45) is 0. The molecule has 1 N–H and O–H groups in total. The molecule has 4 heteroatoms. The van der Waals surface area contributed by atoms with Gasteiger partial charge >= 0.3 is 5.97 Å². The average molecular weight is 334 g/mol. The minimum absolute atomic E-state index is 0.238. The van der Waals surface area contributed by atoms with E-state index >= 15 is 0 Å². The minimum atomic E-state index is -0.950. The van der Waals surface area contributed by atoms with Crippen LogP contribution < -0.4 is 9.47 Å². The van der Waals surface area contributed by atoms with Gasteiger partial charge in [0, 0.05) is 0 Å². The largest absolute Gasteiger partial charge is 0.490 e. The molecule has 0 amide bonds. The maximum atomic E-state index is 10.8. The molecule has 3 aromatic carbocycles. The van der Waals surface area contributed by atoms with Crippen LogP contribution in [-0.4, -0.2) is 24.3 Å². The molecule has 0 aromatic heterocycles. The van der Waals surface area contributed by atoms with Gasteiger partial charge in [0.2, 0.25) is 0 Å². The van der Waals surface area contributed by atoms with Gasteiger partial charge in [-0.3, -0.25) is 0 Å². The lowest BCUT2D eigenvalue weighted by Gasteiger charge is -2.09. The Bertz CT molecular complexity index is 809. The number of hydrogen-bond acceptors (Lipinski definition) is 3. The quantitative estimate of drug-likeness (QED) is 0.646. The molecule has 0 fully saturated rings. The Morgan fingerprint density at radius 3 is 1.68 bits per heavy atom. The van der Waals surface area contributed by atoms with Crippen LogP contribution in [0.4, 0.5) is 0 Å². The normalized spacial score (nSPS) is 10.2. The molecule has 0 radical (unpaired) electrons. The Labute approximate surface area is 146 Å². The summed E-state index contributed by atoms with van der Waals surface area (Å²) in [5.74, 6) is 0.450. The Morgan fingerprint density at radius 2 is 1.16 bits per heavy atom. The molecule has 0 bridgehead atoms. The molecule has 0 atom stereocenters. The molecule has 0 aliphatic rings. The average Bonchev–Trinajstić information content (AvgIpc) is 2.67. The molecule has 0 aliphatic heterocycles. The predicted octanol–water partition coefficient (Wildman–Crippen LogP) is 4.51. The second-order valence-corrected chi connectivity index (χ2v) is 5.42. The highest BCUT2D eigenvalue weighted by molar-refractivity contribution is 5.87. The molecule has 0 saturated heterocycles. The van der Waals surface area contributed by atoms with E-state index in [-0.39, 0.29) is 5.56 Å². The molecule has 0 heterocycles. The number of hydrogen-bond donors (Lipinski definition) is 1. The summed E-state index contributed by atoms with van der Waals surface area (Å²) >= 11 is 0. The predicted molar refractivity (Wildman–Crippen MR) is 96.3 cm³/mol. The lowest BCUT2D eigenvalue weighted by molar-refractivity contribution is 0.0697. The second-order valence-electron chi connectivity index (χ2n) is 5.42. The lowest BCUT2D eigenvalue weighted by Crippen LogP contribution is -2.09. The molecule has 25 heavy (non-hydrogen) atoms. The summed E-state index contributed by atoms with van der Waals surface area (Å²) in [7, 11) is 0. The monoisotopic (exact) mass is 334 g/mol. The smallest absolute Gasteiger partial charge is 0.335 e. The zero-order chi connectivity index (χ0) is 17.5. The maximum absolute atomic E-state index is 10.8. The van der Waals surface area contributed by atoms with Crippen LogP contribution in [0.25, 0.3) is 11.1 Å². The Morgan fingerprint density at radius 1 is 0.680 bits per heavy atom. The fraction of sp³-hybridized carbons (Fsp3) is 0.0952. The van der Waals surface area contributed by atoms with Crippen LogP contribution in [-0.2, 0) is 0 Å². The first-order valence-corrected chi connectivity index (χ1v) is 7.97. The van der Waals surface area contributed by atoms with Crippen molar-refractivity contribution in [1.29, 1.82) is 0 Å². The first-order valence-electron chi connectivity index (χ1n) is 7.97. The Balaban J connectivity index is 1.47. The van der Waals surface area contributed by atoms with Crippen molar-refractivity contribution in [1.82, 2.24) is 0 Å². The third-order valence-corrected chi connectivity index (χ3v) is 3.68. The molecular formula is C21H18O4. The van der Waals surface area contributed by atoms with Crippen LogP contribution >= 0.6 is 0 Å². The van der Waals surface area contributed by atoms with Gasteiger partial charge in [-0.05, 0) is 47.5 Å². The topological polar surface area (TPSA) is 55.8 Å². The van der Waals surface area contributed by atoms with Crippen molar-refractivity contribution in [3.05, 3.63) is 84.4 Å². The highest BCUT2D eigenvalue weighted by atomic mass is 16.5. The summed E-state index contributed by atoms with van der Waals surface area (Å²) in [5, 5.41) is 8.85. The number of aromatic carboxylic acids is 1. The van der Waals surface area contributed by atoms with Crippen molar-refractivity contribution in [2.24, 2.45) is 0 Å². The van der Waals surface area contributed by atoms with Crippen LogP contribution in [0.1, 0.15) is 10.4 Å². The van der Waals surface area contributed by atoms with E-state index in [4.69, 9.17) is 14.6 Å². The Hall–Kier alpha value is -3.27. The molecule has 0 spiro atoms. The minimum Gasteiger partial charge on any atom is -0.490 e. The second kappa shape index (κ2) is 8.02. The van der Waals surface area contributed by atoms with Crippen molar-refractivity contribution >= 4 is 5.97 Å². The molecular weight excluding hydrogens is 316 g/mol. The summed E-state index contributed by atoms with van der Waals surface area (Å²) < 4.78 is 11.2. The van der Waals surface area contributed by atoms with E-state index in [1.165, 1.54) is 17.7 Å². The molecule has 126 valence electrons. The number of carbonyl (C=O) groups is 1. The summed E-state index contributed by atoms with van der Waals surface area (Å²) in [5.41, 5.74) is 2.55. The van der Waals surface area contributed by atoms with Gasteiger partial charge in [-0.1, -0.05) is 42.5 Å². The third-order valence-electron chi connectivity index (χ3n) is 3.68. The van der Waals surface area contributed by atoms with Crippen molar-refractivity contribution < 1.29 is 19.4 Å². The summed E-state index contributed by atoms with van der Waals surface area (Å²) in [4.78, 5) is 10.8. The Kier molecular flexibility index (Phi) is 5.32. The van der Waals surface area contributed by atoms with Gasteiger partial charge < -0.3 is 14.6 Å². The number of ether oxygens (including phenoxy) is 2. The van der Waals surface area contributed by atoms with Gasteiger partial charge in [-0.2, -0.15) is 0 Å². The third kappa shape index (κ3) is 4.61. The molecule has 0 unspecified atom stereocenters. The van der Waals surface area contributed by atoms with Gasteiger partial charge in [-0.25, -0.2) is 4.79 Å². The van der Waals surface area contributed by atoms with E-state index in [9.17, 15) is 4.79 Å². The fourth-order valence-electron chi connectivity index (χ4n) is 2.39. The van der Waals surface area contributed by atoms with Crippen LogP contribution in [0.5, 0.6) is 11.5 Å². The highest BCUT2D eigenvalue weighted by Crippen LogP contribution is 2.22. The molecule has 0 saturated carbocycles. The molecule has 3 rings (SSSR count). The van der Waals surface area contributed by atoms with Crippen molar-refractivity contribution in [3.8, 4) is 22.6 Å². The maximum Gasteiger partial charge on any atom is 0.335 e. The van der Waals surface area contributed by atoms with Crippen LogP contribution in [0.3, 0.4) is 0 Å². The fourth-order valence-corrected chi connectivity index (χ4v) is 2.39. The zero-order valence-corrected chi connectivity index (χ0v) is 13.6. The molecule has 0 aliphatic carbocycles. The van der Waals surface area contributed by atoms with Gasteiger partial charge in [0.15, 0.2) is 0 Å².